The zero-order valence-electron chi connectivity index (χ0n) is 9.51. The first-order chi connectivity index (χ1) is 7.81. The molecule has 5 nitrogen and oxygen atoms in total. The van der Waals surface area contributed by atoms with Crippen molar-refractivity contribution in [1.29, 1.82) is 0 Å². The van der Waals surface area contributed by atoms with E-state index in [0.717, 1.165) is 6.42 Å². The van der Waals surface area contributed by atoms with Gasteiger partial charge in [-0.15, -0.1) is 0 Å². The van der Waals surface area contributed by atoms with E-state index in [1.807, 2.05) is 18.2 Å². The van der Waals surface area contributed by atoms with Gasteiger partial charge in [0.05, 0.1) is 20.3 Å². The van der Waals surface area contributed by atoms with Crippen LogP contribution in [-0.4, -0.2) is 20.3 Å². The van der Waals surface area contributed by atoms with Crippen LogP contribution in [0.2, 0.25) is 0 Å². The summed E-state index contributed by atoms with van der Waals surface area (Å²) >= 11 is 0. The summed E-state index contributed by atoms with van der Waals surface area (Å²) in [5, 5.41) is 3.39. The molecule has 0 saturated heterocycles. The highest BCUT2D eigenvalue weighted by Crippen LogP contribution is 2.28. The highest BCUT2D eigenvalue weighted by atomic mass is 16.5. The Balaban J connectivity index is 2.67. The van der Waals surface area contributed by atoms with Crippen molar-refractivity contribution < 1.29 is 9.47 Å². The van der Waals surface area contributed by atoms with Crippen LogP contribution in [0, 0.1) is 0 Å². The number of ether oxygens (including phenoxy) is 2. The van der Waals surface area contributed by atoms with Gasteiger partial charge in [-0.2, -0.15) is 0 Å². The van der Waals surface area contributed by atoms with E-state index < -0.39 is 0 Å². The molecule has 16 heavy (non-hydrogen) atoms. The van der Waals surface area contributed by atoms with E-state index in [1.165, 1.54) is 5.56 Å². The number of aryl methyl sites for hydroxylation is 1. The quantitative estimate of drug-likeness (QED) is 0.321. The molecule has 0 spiro atoms. The molecule has 0 aromatic heterocycles. The Kier molecular flexibility index (Phi) is 5.02. The van der Waals surface area contributed by atoms with Crippen molar-refractivity contribution in [3.63, 3.8) is 0 Å². The van der Waals surface area contributed by atoms with E-state index in [1.54, 1.807) is 7.11 Å². The maximum atomic E-state index is 8.11. The number of benzene rings is 1. The van der Waals surface area contributed by atoms with Crippen molar-refractivity contribution in [3.05, 3.63) is 34.2 Å². The first-order valence-corrected chi connectivity index (χ1v) is 5.12. The Morgan fingerprint density at radius 2 is 2.19 bits per heavy atom. The van der Waals surface area contributed by atoms with Gasteiger partial charge in [-0.25, -0.2) is 0 Å². The van der Waals surface area contributed by atoms with Crippen LogP contribution in [0.3, 0.4) is 0 Å². The van der Waals surface area contributed by atoms with Crippen LogP contribution in [0.5, 0.6) is 11.5 Å². The van der Waals surface area contributed by atoms with Gasteiger partial charge in [-0.3, -0.25) is 0 Å². The minimum Gasteiger partial charge on any atom is -0.493 e. The van der Waals surface area contributed by atoms with E-state index >= 15 is 0 Å². The molecule has 0 fully saturated rings. The van der Waals surface area contributed by atoms with E-state index in [0.29, 0.717) is 24.7 Å². The van der Waals surface area contributed by atoms with Gasteiger partial charge in [-0.05, 0) is 29.6 Å². The highest BCUT2D eigenvalue weighted by molar-refractivity contribution is 5.42. The second-order valence-corrected chi connectivity index (χ2v) is 3.14. The zero-order valence-corrected chi connectivity index (χ0v) is 9.51. The molecule has 0 atom stereocenters. The van der Waals surface area contributed by atoms with Crippen molar-refractivity contribution in [3.8, 4) is 11.5 Å². The monoisotopic (exact) mass is 221 g/mol. The lowest BCUT2D eigenvalue weighted by Crippen LogP contribution is -2.02. The number of methoxy groups -OCH3 is 1. The molecular formula is C11H15N3O2. The molecule has 0 bridgehead atoms. The first-order valence-electron chi connectivity index (χ1n) is 5.12. The Bertz CT molecular complexity index is 387. The van der Waals surface area contributed by atoms with Crippen LogP contribution in [0.1, 0.15) is 12.5 Å². The first kappa shape index (κ1) is 12.2. The summed E-state index contributed by atoms with van der Waals surface area (Å²) in [6, 6.07) is 5.81. The summed E-state index contributed by atoms with van der Waals surface area (Å²) in [7, 11) is 1.61. The van der Waals surface area contributed by atoms with Gasteiger partial charge < -0.3 is 9.47 Å². The summed E-state index contributed by atoms with van der Waals surface area (Å²) < 4.78 is 10.7. The molecule has 1 rings (SSSR count). The molecule has 0 heterocycles. The lowest BCUT2D eigenvalue weighted by Gasteiger charge is -2.10. The standard InChI is InChI=1S/C11H15N3O2/c1-3-9-4-5-10(11(8-9)15-2)16-7-6-13-14-12/h4-5,8H,3,6-7H2,1-2H3. The molecule has 1 aromatic carbocycles. The Morgan fingerprint density at radius 3 is 2.81 bits per heavy atom. The Morgan fingerprint density at radius 1 is 1.38 bits per heavy atom. The van der Waals surface area contributed by atoms with Gasteiger partial charge in [-0.1, -0.05) is 18.1 Å². The predicted molar refractivity (Wildman–Crippen MR) is 61.9 cm³/mol. The van der Waals surface area contributed by atoms with E-state index in [4.69, 9.17) is 15.0 Å². The van der Waals surface area contributed by atoms with Crippen molar-refractivity contribution >= 4 is 0 Å². The molecular weight excluding hydrogens is 206 g/mol. The van der Waals surface area contributed by atoms with Crippen molar-refractivity contribution in [2.24, 2.45) is 5.11 Å². The van der Waals surface area contributed by atoms with Gasteiger partial charge in [0.15, 0.2) is 11.5 Å². The predicted octanol–water partition coefficient (Wildman–Crippen LogP) is 2.95. The third kappa shape index (κ3) is 3.37. The van der Waals surface area contributed by atoms with Crippen molar-refractivity contribution in [2.45, 2.75) is 13.3 Å². The van der Waals surface area contributed by atoms with E-state index in [9.17, 15) is 0 Å². The minimum absolute atomic E-state index is 0.315. The third-order valence-corrected chi connectivity index (χ3v) is 2.15. The SMILES string of the molecule is CCc1ccc(OCCN=[N+]=[N-])c(OC)c1. The van der Waals surface area contributed by atoms with Gasteiger partial charge in [0.1, 0.15) is 0 Å². The van der Waals surface area contributed by atoms with Crippen LogP contribution in [-0.2, 0) is 6.42 Å². The average molecular weight is 221 g/mol. The van der Waals surface area contributed by atoms with Gasteiger partial charge >= 0.3 is 0 Å². The molecule has 86 valence electrons. The highest BCUT2D eigenvalue weighted by Gasteiger charge is 2.04. The number of azide groups is 1. The molecule has 1 aromatic rings. The second kappa shape index (κ2) is 6.58. The minimum atomic E-state index is 0.315. The smallest absolute Gasteiger partial charge is 0.161 e. The third-order valence-electron chi connectivity index (χ3n) is 2.15. The topological polar surface area (TPSA) is 67.2 Å². The molecule has 5 heteroatoms. The molecule has 0 aliphatic carbocycles. The van der Waals surface area contributed by atoms with Crippen molar-refractivity contribution in [2.75, 3.05) is 20.3 Å². The Hall–Kier alpha value is -1.87. The van der Waals surface area contributed by atoms with E-state index in [-0.39, 0.29) is 0 Å². The number of rotatable bonds is 6. The fourth-order valence-electron chi connectivity index (χ4n) is 1.29. The van der Waals surface area contributed by atoms with Crippen LogP contribution in [0.15, 0.2) is 23.3 Å². The molecule has 0 N–H and O–H groups in total. The average Bonchev–Trinajstić information content (AvgIpc) is 2.34. The lowest BCUT2D eigenvalue weighted by molar-refractivity contribution is 0.302. The van der Waals surface area contributed by atoms with Gasteiger partial charge in [0, 0.05) is 4.91 Å². The lowest BCUT2D eigenvalue weighted by atomic mass is 10.1. The van der Waals surface area contributed by atoms with E-state index in [2.05, 4.69) is 16.9 Å². The summed E-state index contributed by atoms with van der Waals surface area (Å²) in [4.78, 5) is 2.65. The van der Waals surface area contributed by atoms with Crippen LogP contribution in [0.4, 0.5) is 0 Å². The van der Waals surface area contributed by atoms with Crippen LogP contribution < -0.4 is 9.47 Å². The normalized spacial score (nSPS) is 9.38. The summed E-state index contributed by atoms with van der Waals surface area (Å²) in [5.41, 5.74) is 9.30. The molecule has 0 amide bonds. The molecule has 0 aliphatic heterocycles. The largest absolute Gasteiger partial charge is 0.493 e. The van der Waals surface area contributed by atoms with Crippen LogP contribution >= 0.6 is 0 Å². The van der Waals surface area contributed by atoms with Crippen molar-refractivity contribution in [1.82, 2.24) is 0 Å². The summed E-state index contributed by atoms with van der Waals surface area (Å²) in [6.07, 6.45) is 0.954. The Labute approximate surface area is 94.6 Å². The van der Waals surface area contributed by atoms with Crippen LogP contribution in [0.25, 0.3) is 10.4 Å². The zero-order chi connectivity index (χ0) is 11.8. The maximum absolute atomic E-state index is 8.11. The number of nitrogens with zero attached hydrogens (tertiary/aromatic N) is 3. The fourth-order valence-corrected chi connectivity index (χ4v) is 1.29. The molecule has 0 saturated carbocycles. The number of hydrogen-bond donors (Lipinski definition) is 0. The summed E-state index contributed by atoms with van der Waals surface area (Å²) in [5.74, 6) is 1.38. The number of hydrogen-bond acceptors (Lipinski definition) is 3. The molecule has 0 unspecified atom stereocenters. The fraction of sp³-hybridized carbons (Fsp3) is 0.455. The second-order valence-electron chi connectivity index (χ2n) is 3.14. The van der Waals surface area contributed by atoms with Gasteiger partial charge in [0.25, 0.3) is 0 Å². The molecule has 0 aliphatic rings. The molecule has 0 radical (unpaired) electrons. The maximum Gasteiger partial charge on any atom is 0.161 e. The summed E-state index contributed by atoms with van der Waals surface area (Å²) in [6.45, 7) is 2.75. The van der Waals surface area contributed by atoms with Gasteiger partial charge in [0.2, 0.25) is 0 Å².